The number of carbonyl (C=O) groups excluding carboxylic acids is 1. The number of hydrogen-bond donors (Lipinski definition) is 0. The molecule has 1 aliphatic rings. The highest BCUT2D eigenvalue weighted by molar-refractivity contribution is 7.98. The quantitative estimate of drug-likeness (QED) is 0.388. The van der Waals surface area contributed by atoms with E-state index in [4.69, 9.17) is 9.47 Å². The van der Waals surface area contributed by atoms with Gasteiger partial charge in [-0.15, -0.1) is 0 Å². The molecular formula is C26H35O3S+. The van der Waals surface area contributed by atoms with Gasteiger partial charge in [0.25, 0.3) is 0 Å². The van der Waals surface area contributed by atoms with Crippen LogP contribution in [-0.4, -0.2) is 35.8 Å². The second kappa shape index (κ2) is 10.0. The van der Waals surface area contributed by atoms with Gasteiger partial charge in [0.2, 0.25) is 5.78 Å². The fourth-order valence-electron chi connectivity index (χ4n) is 3.91. The van der Waals surface area contributed by atoms with E-state index in [1.54, 1.807) is 0 Å². The summed E-state index contributed by atoms with van der Waals surface area (Å²) < 4.78 is 11.6. The molecule has 3 rings (SSSR count). The van der Waals surface area contributed by atoms with E-state index in [0.29, 0.717) is 5.92 Å². The van der Waals surface area contributed by atoms with E-state index >= 15 is 0 Å². The van der Waals surface area contributed by atoms with E-state index in [2.05, 4.69) is 46.8 Å². The van der Waals surface area contributed by atoms with Crippen LogP contribution in [0.4, 0.5) is 0 Å². The summed E-state index contributed by atoms with van der Waals surface area (Å²) in [6.07, 6.45) is 1.10. The predicted molar refractivity (Wildman–Crippen MR) is 127 cm³/mol. The van der Waals surface area contributed by atoms with Crippen LogP contribution in [0, 0.1) is 5.41 Å². The highest BCUT2D eigenvalue weighted by Crippen LogP contribution is 2.33. The number of ketones is 1. The molecule has 2 aromatic carbocycles. The van der Waals surface area contributed by atoms with E-state index in [1.807, 2.05) is 36.4 Å². The fourth-order valence-corrected chi connectivity index (χ4v) is 6.69. The van der Waals surface area contributed by atoms with E-state index in [-0.39, 0.29) is 27.3 Å². The second-order valence-electron chi connectivity index (χ2n) is 9.18. The molecule has 4 heteroatoms. The molecule has 1 saturated heterocycles. The highest BCUT2D eigenvalue weighted by Gasteiger charge is 2.46. The third kappa shape index (κ3) is 5.67. The van der Waals surface area contributed by atoms with Gasteiger partial charge in [-0.1, -0.05) is 46.8 Å². The van der Waals surface area contributed by atoms with E-state index in [1.165, 1.54) is 5.56 Å². The first-order valence-corrected chi connectivity index (χ1v) is 12.6. The van der Waals surface area contributed by atoms with Crippen LogP contribution in [0.1, 0.15) is 62.9 Å². The van der Waals surface area contributed by atoms with Crippen LogP contribution >= 0.6 is 0 Å². The second-order valence-corrected chi connectivity index (χ2v) is 11.5. The molecule has 0 saturated carbocycles. The third-order valence-corrected chi connectivity index (χ3v) is 8.72. The molecule has 1 fully saturated rings. The summed E-state index contributed by atoms with van der Waals surface area (Å²) >= 11 is 0. The van der Waals surface area contributed by atoms with Gasteiger partial charge < -0.3 is 9.47 Å². The summed E-state index contributed by atoms with van der Waals surface area (Å²) in [6.45, 7) is 12.5. The molecule has 2 aromatic rings. The van der Waals surface area contributed by atoms with Crippen LogP contribution in [-0.2, 0) is 15.6 Å². The molecule has 0 N–H and O–H groups in total. The van der Waals surface area contributed by atoms with Gasteiger partial charge in [0.05, 0.1) is 13.2 Å². The molecule has 1 aliphatic heterocycles. The molecule has 3 nitrogen and oxygen atoms in total. The van der Waals surface area contributed by atoms with Crippen molar-refractivity contribution in [3.8, 4) is 11.5 Å². The SMILES string of the molecule is CCC(C)c1cccc(Oc2ccc(C(=O)C([S+]3CCOCC3)C(C)(C)C)cc2)c1. The van der Waals surface area contributed by atoms with Crippen molar-refractivity contribution in [2.75, 3.05) is 24.7 Å². The van der Waals surface area contributed by atoms with Gasteiger partial charge in [-0.05, 0) is 54.3 Å². The first-order valence-electron chi connectivity index (χ1n) is 11.0. The normalized spacial score (nSPS) is 17.4. The Labute approximate surface area is 184 Å². The van der Waals surface area contributed by atoms with Crippen LogP contribution < -0.4 is 4.74 Å². The van der Waals surface area contributed by atoms with Gasteiger partial charge in [0.1, 0.15) is 23.0 Å². The molecule has 0 aliphatic carbocycles. The topological polar surface area (TPSA) is 35.5 Å². The summed E-state index contributed by atoms with van der Waals surface area (Å²) in [7, 11) is 0.0667. The Balaban J connectivity index is 1.75. The predicted octanol–water partition coefficient (Wildman–Crippen LogP) is 6.24. The molecular weight excluding hydrogens is 392 g/mol. The van der Waals surface area contributed by atoms with Gasteiger partial charge in [0, 0.05) is 21.9 Å². The minimum Gasteiger partial charge on any atom is -0.457 e. The number of Topliss-reactive ketones (excluding diaryl/α,β-unsaturated/α-hetero) is 1. The maximum atomic E-state index is 13.4. The van der Waals surface area contributed by atoms with E-state index in [9.17, 15) is 4.79 Å². The standard InChI is InChI=1S/C26H35O3S/c1-6-19(2)21-8-7-9-23(18-21)29-22-12-10-20(11-13-22)24(27)25(26(3,4)5)30-16-14-28-15-17-30/h7-13,18-19,25H,6,14-17H2,1-5H3/q+1. The minimum absolute atomic E-state index is 0.0281. The van der Waals surface area contributed by atoms with Gasteiger partial charge in [-0.3, -0.25) is 4.79 Å². The van der Waals surface area contributed by atoms with Crippen LogP contribution in [0.5, 0.6) is 11.5 Å². The summed E-state index contributed by atoms with van der Waals surface area (Å²) in [5.74, 6) is 4.33. The van der Waals surface area contributed by atoms with E-state index in [0.717, 1.165) is 48.2 Å². The van der Waals surface area contributed by atoms with Crippen molar-refractivity contribution in [2.24, 2.45) is 5.41 Å². The molecule has 0 spiro atoms. The summed E-state index contributed by atoms with van der Waals surface area (Å²) in [6, 6.07) is 15.9. The Kier molecular flexibility index (Phi) is 7.65. The molecule has 2 unspecified atom stereocenters. The van der Waals surface area contributed by atoms with Gasteiger partial charge in [-0.25, -0.2) is 0 Å². The lowest BCUT2D eigenvalue weighted by molar-refractivity contribution is 0.0946. The molecule has 0 bridgehead atoms. The largest absolute Gasteiger partial charge is 0.457 e. The van der Waals surface area contributed by atoms with Crippen LogP contribution in [0.2, 0.25) is 0 Å². The monoisotopic (exact) mass is 427 g/mol. The summed E-state index contributed by atoms with van der Waals surface area (Å²) in [5.41, 5.74) is 1.99. The zero-order chi connectivity index (χ0) is 21.7. The average Bonchev–Trinajstić information content (AvgIpc) is 2.73. The van der Waals surface area contributed by atoms with E-state index < -0.39 is 0 Å². The number of hydrogen-bond acceptors (Lipinski definition) is 3. The van der Waals surface area contributed by atoms with Crippen LogP contribution in [0.15, 0.2) is 48.5 Å². The zero-order valence-corrected chi connectivity index (χ0v) is 19.8. The molecule has 162 valence electrons. The summed E-state index contributed by atoms with van der Waals surface area (Å²) in [5, 5.41) is 0.0281. The van der Waals surface area contributed by atoms with Crippen LogP contribution in [0.25, 0.3) is 0 Å². The Morgan fingerprint density at radius 1 is 1.07 bits per heavy atom. The third-order valence-electron chi connectivity index (χ3n) is 5.75. The van der Waals surface area contributed by atoms with Crippen molar-refractivity contribution >= 4 is 16.7 Å². The summed E-state index contributed by atoms with van der Waals surface area (Å²) in [4.78, 5) is 13.4. The van der Waals surface area contributed by atoms with Crippen LogP contribution in [0.3, 0.4) is 0 Å². The lowest BCUT2D eigenvalue weighted by Crippen LogP contribution is -2.47. The van der Waals surface area contributed by atoms with Crippen molar-refractivity contribution in [1.29, 1.82) is 0 Å². The lowest BCUT2D eigenvalue weighted by atomic mass is 9.87. The maximum absolute atomic E-state index is 13.4. The lowest BCUT2D eigenvalue weighted by Gasteiger charge is -2.31. The Morgan fingerprint density at radius 3 is 2.33 bits per heavy atom. The van der Waals surface area contributed by atoms with Crippen molar-refractivity contribution in [3.63, 3.8) is 0 Å². The molecule has 30 heavy (non-hydrogen) atoms. The molecule has 2 atom stereocenters. The molecule has 0 aromatic heterocycles. The Bertz CT molecular complexity index is 832. The number of carbonyl (C=O) groups is 1. The Hall–Kier alpha value is -1.78. The first kappa shape index (κ1) is 22.9. The van der Waals surface area contributed by atoms with Gasteiger partial charge in [0.15, 0.2) is 5.25 Å². The Morgan fingerprint density at radius 2 is 1.73 bits per heavy atom. The van der Waals surface area contributed by atoms with Gasteiger partial charge >= 0.3 is 0 Å². The zero-order valence-electron chi connectivity index (χ0n) is 18.9. The van der Waals surface area contributed by atoms with Gasteiger partial charge in [-0.2, -0.15) is 0 Å². The maximum Gasteiger partial charge on any atom is 0.215 e. The van der Waals surface area contributed by atoms with Crippen molar-refractivity contribution in [2.45, 2.75) is 52.2 Å². The number of rotatable bonds is 7. The average molecular weight is 428 g/mol. The molecule has 1 heterocycles. The van der Waals surface area contributed by atoms with Crippen molar-refractivity contribution < 1.29 is 14.3 Å². The first-order chi connectivity index (χ1) is 14.3. The number of ether oxygens (including phenoxy) is 2. The highest BCUT2D eigenvalue weighted by atomic mass is 32.2. The molecule has 0 amide bonds. The number of benzene rings is 2. The smallest absolute Gasteiger partial charge is 0.215 e. The van der Waals surface area contributed by atoms with Crippen molar-refractivity contribution in [1.82, 2.24) is 0 Å². The molecule has 0 radical (unpaired) electrons. The minimum atomic E-state index is -0.0664. The van der Waals surface area contributed by atoms with Crippen molar-refractivity contribution in [3.05, 3.63) is 59.7 Å². The fraction of sp³-hybridized carbons (Fsp3) is 0.500.